The molecule has 4 nitrogen and oxygen atoms in total. The van der Waals surface area contributed by atoms with Gasteiger partial charge in [-0.15, -0.1) is 0 Å². The Morgan fingerprint density at radius 1 is 1.03 bits per heavy atom. The number of ketones is 1. The Hall–Kier alpha value is -3.31. The van der Waals surface area contributed by atoms with Crippen LogP contribution in [0.5, 0.6) is 0 Å². The number of anilines is 1. The van der Waals surface area contributed by atoms with Crippen LogP contribution >= 0.6 is 0 Å². The topological polar surface area (TPSA) is 57.6 Å². The van der Waals surface area contributed by atoms with Crippen molar-refractivity contribution in [3.05, 3.63) is 100 Å². The molecule has 0 saturated carbocycles. The molecule has 3 aromatic rings. The number of benzene rings is 3. The van der Waals surface area contributed by atoms with Gasteiger partial charge in [-0.1, -0.05) is 54.1 Å². The summed E-state index contributed by atoms with van der Waals surface area (Å²) in [4.78, 5) is 27.8. The number of rotatable bonds is 5. The first kappa shape index (κ1) is 20.0. The molecule has 1 aliphatic rings. The summed E-state index contributed by atoms with van der Waals surface area (Å²) in [5.41, 5.74) is 2.10. The number of hydrogen-bond acceptors (Lipinski definition) is 3. The third-order valence-electron chi connectivity index (χ3n) is 5.59. The normalized spacial score (nSPS) is 17.9. The molecule has 1 amide bonds. The molecule has 30 heavy (non-hydrogen) atoms. The van der Waals surface area contributed by atoms with E-state index in [1.54, 1.807) is 42.5 Å². The van der Waals surface area contributed by atoms with Crippen molar-refractivity contribution in [2.24, 2.45) is 0 Å². The van der Waals surface area contributed by atoms with Gasteiger partial charge < -0.3 is 10.0 Å². The van der Waals surface area contributed by atoms with Crippen molar-refractivity contribution < 1.29 is 19.1 Å². The molecule has 1 atom stereocenters. The highest BCUT2D eigenvalue weighted by atomic mass is 19.1. The van der Waals surface area contributed by atoms with E-state index in [1.165, 1.54) is 17.0 Å². The van der Waals surface area contributed by atoms with Crippen LogP contribution in [0.25, 0.3) is 0 Å². The van der Waals surface area contributed by atoms with Gasteiger partial charge in [-0.05, 0) is 43.2 Å². The molecule has 1 heterocycles. The maximum Gasteiger partial charge on any atom is 0.264 e. The lowest BCUT2D eigenvalue weighted by atomic mass is 9.87. The van der Waals surface area contributed by atoms with Gasteiger partial charge in [0.2, 0.25) is 0 Å². The Morgan fingerprint density at radius 2 is 1.73 bits per heavy atom. The zero-order valence-electron chi connectivity index (χ0n) is 16.9. The maximum absolute atomic E-state index is 13.3. The largest absolute Gasteiger partial charge is 0.375 e. The minimum atomic E-state index is -1.94. The van der Waals surface area contributed by atoms with Crippen LogP contribution in [0.1, 0.15) is 39.0 Å². The Kier molecular flexibility index (Phi) is 5.00. The molecule has 0 saturated heterocycles. The van der Waals surface area contributed by atoms with Crippen molar-refractivity contribution >= 4 is 17.4 Å². The smallest absolute Gasteiger partial charge is 0.264 e. The van der Waals surface area contributed by atoms with Crippen molar-refractivity contribution in [2.75, 3.05) is 4.90 Å². The number of aryl methyl sites for hydroxylation is 2. The maximum atomic E-state index is 13.3. The van der Waals surface area contributed by atoms with Crippen LogP contribution in [-0.4, -0.2) is 16.8 Å². The minimum absolute atomic E-state index is 0.177. The van der Waals surface area contributed by atoms with Gasteiger partial charge in [0.05, 0.1) is 18.7 Å². The SMILES string of the molecule is Cc1ccc(C(=O)CC2(O)C(=O)N(Cc3ccc(F)cc3)c3ccccc32)c(C)c1. The molecule has 1 N–H and O–H groups in total. The molecule has 4 rings (SSSR count). The van der Waals surface area contributed by atoms with E-state index in [2.05, 4.69) is 0 Å². The highest BCUT2D eigenvalue weighted by molar-refractivity contribution is 6.11. The summed E-state index contributed by atoms with van der Waals surface area (Å²) in [5, 5.41) is 11.4. The molecular formula is C25H22FNO3. The summed E-state index contributed by atoms with van der Waals surface area (Å²) in [6, 6.07) is 18.3. The van der Waals surface area contributed by atoms with Gasteiger partial charge in [0.15, 0.2) is 11.4 Å². The summed E-state index contributed by atoms with van der Waals surface area (Å²) in [5.74, 6) is -1.20. The molecule has 1 unspecified atom stereocenters. The van der Waals surface area contributed by atoms with Crippen LogP contribution in [-0.2, 0) is 16.9 Å². The van der Waals surface area contributed by atoms with E-state index in [-0.39, 0.29) is 24.6 Å². The quantitative estimate of drug-likeness (QED) is 0.641. The van der Waals surface area contributed by atoms with E-state index in [1.807, 2.05) is 26.0 Å². The summed E-state index contributed by atoms with van der Waals surface area (Å²) < 4.78 is 13.2. The fourth-order valence-electron chi connectivity index (χ4n) is 4.06. The second-order valence-electron chi connectivity index (χ2n) is 7.81. The monoisotopic (exact) mass is 403 g/mol. The van der Waals surface area contributed by atoms with Crippen LogP contribution in [0, 0.1) is 19.7 Å². The third-order valence-corrected chi connectivity index (χ3v) is 5.59. The number of carbonyl (C=O) groups excluding carboxylic acids is 2. The molecule has 0 radical (unpaired) electrons. The first-order chi connectivity index (χ1) is 14.3. The summed E-state index contributed by atoms with van der Waals surface area (Å²) in [7, 11) is 0. The van der Waals surface area contributed by atoms with E-state index in [0.717, 1.165) is 16.7 Å². The molecule has 0 aromatic heterocycles. The van der Waals surface area contributed by atoms with E-state index in [4.69, 9.17) is 0 Å². The van der Waals surface area contributed by atoms with Crippen molar-refractivity contribution in [1.82, 2.24) is 0 Å². The number of aliphatic hydroxyl groups is 1. The van der Waals surface area contributed by atoms with Gasteiger partial charge in [0.1, 0.15) is 5.82 Å². The third kappa shape index (κ3) is 3.42. The lowest BCUT2D eigenvalue weighted by molar-refractivity contribution is -0.136. The molecule has 5 heteroatoms. The number of Topliss-reactive ketones (excluding diaryl/α,β-unsaturated/α-hetero) is 1. The summed E-state index contributed by atoms with van der Waals surface area (Å²) in [6.45, 7) is 3.96. The molecule has 0 spiro atoms. The van der Waals surface area contributed by atoms with E-state index < -0.39 is 11.5 Å². The zero-order chi connectivity index (χ0) is 21.5. The van der Waals surface area contributed by atoms with Gasteiger partial charge in [0, 0.05) is 11.1 Å². The van der Waals surface area contributed by atoms with E-state index in [0.29, 0.717) is 16.8 Å². The average Bonchev–Trinajstić information content (AvgIpc) is 2.91. The molecule has 3 aromatic carbocycles. The number of carbonyl (C=O) groups is 2. The Bertz CT molecular complexity index is 1140. The molecular weight excluding hydrogens is 381 g/mol. The van der Waals surface area contributed by atoms with Crippen LogP contribution in [0.3, 0.4) is 0 Å². The van der Waals surface area contributed by atoms with Gasteiger partial charge >= 0.3 is 0 Å². The summed E-state index contributed by atoms with van der Waals surface area (Å²) in [6.07, 6.45) is -0.341. The standard InChI is InChI=1S/C25H22FNO3/c1-16-7-12-20(17(2)13-16)23(28)14-25(30)21-5-3-4-6-22(21)27(24(25)29)15-18-8-10-19(26)11-9-18/h3-13,30H,14-15H2,1-2H3. The molecule has 0 aliphatic carbocycles. The molecule has 0 fully saturated rings. The second kappa shape index (κ2) is 7.50. The van der Waals surface area contributed by atoms with Crippen LogP contribution in [0.15, 0.2) is 66.7 Å². The van der Waals surface area contributed by atoms with Crippen molar-refractivity contribution in [3.63, 3.8) is 0 Å². The summed E-state index contributed by atoms with van der Waals surface area (Å²) >= 11 is 0. The molecule has 152 valence electrons. The Morgan fingerprint density at radius 3 is 2.43 bits per heavy atom. The van der Waals surface area contributed by atoms with Crippen molar-refractivity contribution in [1.29, 1.82) is 0 Å². The zero-order valence-corrected chi connectivity index (χ0v) is 16.9. The number of halogens is 1. The fourth-order valence-corrected chi connectivity index (χ4v) is 4.06. The number of para-hydroxylation sites is 1. The van der Waals surface area contributed by atoms with E-state index in [9.17, 15) is 19.1 Å². The minimum Gasteiger partial charge on any atom is -0.375 e. The van der Waals surface area contributed by atoms with Gasteiger partial charge in [-0.3, -0.25) is 9.59 Å². The predicted molar refractivity (Wildman–Crippen MR) is 113 cm³/mol. The Labute approximate surface area is 174 Å². The number of nitrogens with zero attached hydrogens (tertiary/aromatic N) is 1. The van der Waals surface area contributed by atoms with Crippen LogP contribution < -0.4 is 4.90 Å². The van der Waals surface area contributed by atoms with Crippen LogP contribution in [0.2, 0.25) is 0 Å². The Balaban J connectivity index is 1.68. The highest BCUT2D eigenvalue weighted by Crippen LogP contribution is 2.43. The molecule has 0 bridgehead atoms. The molecule has 1 aliphatic heterocycles. The van der Waals surface area contributed by atoms with Gasteiger partial charge in [0.25, 0.3) is 5.91 Å². The van der Waals surface area contributed by atoms with Gasteiger partial charge in [-0.25, -0.2) is 4.39 Å². The lowest BCUT2D eigenvalue weighted by Crippen LogP contribution is -2.41. The highest BCUT2D eigenvalue weighted by Gasteiger charge is 2.50. The van der Waals surface area contributed by atoms with Crippen LogP contribution in [0.4, 0.5) is 10.1 Å². The predicted octanol–water partition coefficient (Wildman–Crippen LogP) is 4.45. The lowest BCUT2D eigenvalue weighted by Gasteiger charge is -2.23. The first-order valence-corrected chi connectivity index (χ1v) is 9.78. The first-order valence-electron chi connectivity index (χ1n) is 9.78. The number of fused-ring (bicyclic) bond motifs is 1. The average molecular weight is 403 g/mol. The second-order valence-corrected chi connectivity index (χ2v) is 7.81. The van der Waals surface area contributed by atoms with Crippen molar-refractivity contribution in [3.8, 4) is 0 Å². The van der Waals surface area contributed by atoms with Crippen molar-refractivity contribution in [2.45, 2.75) is 32.4 Å². The fraction of sp³-hybridized carbons (Fsp3) is 0.200. The number of amides is 1. The number of hydrogen-bond donors (Lipinski definition) is 1. The van der Waals surface area contributed by atoms with Gasteiger partial charge in [-0.2, -0.15) is 0 Å². The van der Waals surface area contributed by atoms with E-state index >= 15 is 0 Å².